The Morgan fingerprint density at radius 1 is 1.22 bits per heavy atom. The Labute approximate surface area is 109 Å². The van der Waals surface area contributed by atoms with Crippen LogP contribution in [0.15, 0.2) is 42.1 Å². The van der Waals surface area contributed by atoms with Crippen LogP contribution in [0.5, 0.6) is 0 Å². The van der Waals surface area contributed by atoms with Crippen molar-refractivity contribution >= 4 is 5.97 Å². The number of carbonyl (C=O) groups is 1. The molecule has 0 radical (unpaired) electrons. The summed E-state index contributed by atoms with van der Waals surface area (Å²) in [4.78, 5) is 11.3. The molecule has 0 aromatic heterocycles. The Kier molecular flexibility index (Phi) is 5.43. The number of ether oxygens (including phenoxy) is 1. The van der Waals surface area contributed by atoms with Crippen molar-refractivity contribution in [2.45, 2.75) is 26.8 Å². The number of esters is 1. The fraction of sp³-hybridized carbons (Fsp3) is 0.400. The highest BCUT2D eigenvalue weighted by molar-refractivity contribution is 5.82. The van der Waals surface area contributed by atoms with Gasteiger partial charge in [0.25, 0.3) is 0 Å². The van der Waals surface area contributed by atoms with Gasteiger partial charge in [-0.05, 0) is 18.4 Å². The van der Waals surface area contributed by atoms with E-state index in [1.54, 1.807) is 0 Å². The molecule has 0 bridgehead atoms. The van der Waals surface area contributed by atoms with Crippen molar-refractivity contribution in [3.8, 4) is 0 Å². The predicted octanol–water partition coefficient (Wildman–Crippen LogP) is 3.05. The lowest BCUT2D eigenvalue weighted by Gasteiger charge is -2.20. The molecule has 18 heavy (non-hydrogen) atoms. The van der Waals surface area contributed by atoms with Gasteiger partial charge in [0.2, 0.25) is 0 Å². The van der Waals surface area contributed by atoms with E-state index in [-0.39, 0.29) is 17.9 Å². The van der Waals surface area contributed by atoms with Crippen LogP contribution in [0.3, 0.4) is 0 Å². The van der Waals surface area contributed by atoms with Crippen LogP contribution in [0.2, 0.25) is 0 Å². The van der Waals surface area contributed by atoms with E-state index < -0.39 is 0 Å². The molecular formula is C15H21NO2. The average molecular weight is 247 g/mol. The van der Waals surface area contributed by atoms with E-state index in [1.807, 2.05) is 32.0 Å². The highest BCUT2D eigenvalue weighted by Crippen LogP contribution is 2.16. The molecule has 0 amide bonds. The normalized spacial score (nSPS) is 13.3. The largest absolute Gasteiger partial charge is 0.466 e. The number of allylic oxidation sites excluding steroid dienone is 1. The number of carbonyl (C=O) groups excluding carboxylic acids is 1. The molecule has 3 nitrogen and oxygen atoms in total. The number of hydrogen-bond acceptors (Lipinski definition) is 3. The van der Waals surface area contributed by atoms with E-state index in [9.17, 15) is 4.79 Å². The van der Waals surface area contributed by atoms with Gasteiger partial charge in [0, 0.05) is 17.8 Å². The maximum absolute atomic E-state index is 11.3. The third-order valence-corrected chi connectivity index (χ3v) is 2.78. The van der Waals surface area contributed by atoms with Crippen molar-refractivity contribution < 1.29 is 9.53 Å². The summed E-state index contributed by atoms with van der Waals surface area (Å²) in [6.45, 7) is 6.15. The number of hydrogen-bond donors (Lipinski definition) is 1. The molecule has 0 saturated heterocycles. The van der Waals surface area contributed by atoms with Gasteiger partial charge in [-0.15, -0.1) is 0 Å². The summed E-state index contributed by atoms with van der Waals surface area (Å²) in [7, 11) is 1.39. The molecule has 98 valence electrons. The van der Waals surface area contributed by atoms with Crippen molar-refractivity contribution in [1.29, 1.82) is 0 Å². The lowest BCUT2D eigenvalue weighted by molar-refractivity contribution is -0.134. The van der Waals surface area contributed by atoms with Gasteiger partial charge >= 0.3 is 5.97 Å². The molecule has 0 fully saturated rings. The maximum Gasteiger partial charge on any atom is 0.332 e. The van der Waals surface area contributed by atoms with Crippen LogP contribution in [-0.4, -0.2) is 13.1 Å². The van der Waals surface area contributed by atoms with Crippen LogP contribution in [0.1, 0.15) is 32.4 Å². The van der Waals surface area contributed by atoms with Crippen LogP contribution in [0.25, 0.3) is 0 Å². The quantitative estimate of drug-likeness (QED) is 0.642. The molecule has 0 heterocycles. The molecule has 1 rings (SSSR count). The summed E-state index contributed by atoms with van der Waals surface area (Å²) < 4.78 is 4.66. The van der Waals surface area contributed by atoms with Crippen LogP contribution < -0.4 is 5.32 Å². The molecule has 1 aromatic rings. The van der Waals surface area contributed by atoms with E-state index in [1.165, 1.54) is 18.7 Å². The molecule has 1 aromatic carbocycles. The third-order valence-electron chi connectivity index (χ3n) is 2.78. The van der Waals surface area contributed by atoms with Crippen molar-refractivity contribution in [2.75, 3.05) is 7.11 Å². The molecule has 0 unspecified atom stereocenters. The van der Waals surface area contributed by atoms with Gasteiger partial charge in [-0.25, -0.2) is 4.79 Å². The lowest BCUT2D eigenvalue weighted by Crippen LogP contribution is -2.22. The molecule has 3 heteroatoms. The highest BCUT2D eigenvalue weighted by Gasteiger charge is 2.11. The summed E-state index contributed by atoms with van der Waals surface area (Å²) in [5.41, 5.74) is 2.08. The first kappa shape index (κ1) is 14.3. The van der Waals surface area contributed by atoms with Gasteiger partial charge in [0.15, 0.2) is 0 Å². The Hall–Kier alpha value is -1.77. The minimum absolute atomic E-state index is 0.157. The molecule has 0 aliphatic heterocycles. The Bertz CT molecular complexity index is 410. The fourth-order valence-corrected chi connectivity index (χ4v) is 1.64. The van der Waals surface area contributed by atoms with Crippen molar-refractivity contribution in [3.63, 3.8) is 0 Å². The highest BCUT2D eigenvalue weighted by atomic mass is 16.5. The second-order valence-electron chi connectivity index (χ2n) is 4.55. The third kappa shape index (κ3) is 4.24. The Balaban J connectivity index is 2.79. The molecule has 0 aliphatic carbocycles. The second-order valence-corrected chi connectivity index (χ2v) is 4.55. The smallest absolute Gasteiger partial charge is 0.332 e. The van der Waals surface area contributed by atoms with Crippen molar-refractivity contribution in [1.82, 2.24) is 5.32 Å². The number of methoxy groups -OCH3 is 1. The van der Waals surface area contributed by atoms with Crippen LogP contribution >= 0.6 is 0 Å². The van der Waals surface area contributed by atoms with Crippen molar-refractivity contribution in [3.05, 3.63) is 47.7 Å². The zero-order valence-corrected chi connectivity index (χ0v) is 11.4. The summed E-state index contributed by atoms with van der Waals surface area (Å²) in [5.74, 6) is -0.0817. The molecule has 0 saturated carbocycles. The van der Waals surface area contributed by atoms with Crippen molar-refractivity contribution in [2.24, 2.45) is 5.92 Å². The zero-order chi connectivity index (χ0) is 13.5. The summed E-state index contributed by atoms with van der Waals surface area (Å²) in [5, 5.41) is 3.36. The van der Waals surface area contributed by atoms with E-state index in [0.717, 1.165) is 5.70 Å². The first-order valence-corrected chi connectivity index (χ1v) is 6.15. The van der Waals surface area contributed by atoms with Gasteiger partial charge in [0.1, 0.15) is 0 Å². The average Bonchev–Trinajstić information content (AvgIpc) is 2.38. The topological polar surface area (TPSA) is 38.3 Å². The van der Waals surface area contributed by atoms with Crippen LogP contribution in [0, 0.1) is 5.92 Å². The number of nitrogens with one attached hydrogen (secondary N) is 1. The minimum atomic E-state index is -0.327. The Morgan fingerprint density at radius 3 is 2.33 bits per heavy atom. The fourth-order valence-electron chi connectivity index (χ4n) is 1.64. The van der Waals surface area contributed by atoms with E-state index in [4.69, 9.17) is 0 Å². The van der Waals surface area contributed by atoms with E-state index >= 15 is 0 Å². The van der Waals surface area contributed by atoms with Gasteiger partial charge < -0.3 is 10.1 Å². The monoisotopic (exact) mass is 247 g/mol. The first-order valence-electron chi connectivity index (χ1n) is 6.15. The molecule has 1 atom stereocenters. The maximum atomic E-state index is 11.3. The van der Waals surface area contributed by atoms with E-state index in [2.05, 4.69) is 29.1 Å². The predicted molar refractivity (Wildman–Crippen MR) is 72.9 cm³/mol. The Morgan fingerprint density at radius 2 is 1.83 bits per heavy atom. The molecule has 1 N–H and O–H groups in total. The SMILES string of the molecule is COC(=O)/C=C(\N[C@H](C)c1ccccc1)C(C)C. The second kappa shape index (κ2) is 6.84. The molecule has 0 aliphatic rings. The number of benzene rings is 1. The number of rotatable bonds is 5. The van der Waals surface area contributed by atoms with Gasteiger partial charge in [-0.3, -0.25) is 0 Å². The summed E-state index contributed by atoms with van der Waals surface area (Å²) in [6, 6.07) is 10.3. The van der Waals surface area contributed by atoms with Gasteiger partial charge in [-0.2, -0.15) is 0 Å². The minimum Gasteiger partial charge on any atom is -0.466 e. The zero-order valence-electron chi connectivity index (χ0n) is 11.4. The lowest BCUT2D eigenvalue weighted by atomic mass is 10.1. The van der Waals surface area contributed by atoms with Gasteiger partial charge in [0.05, 0.1) is 7.11 Å². The summed E-state index contributed by atoms with van der Waals surface area (Å²) >= 11 is 0. The van der Waals surface area contributed by atoms with Gasteiger partial charge in [-0.1, -0.05) is 44.2 Å². The summed E-state index contributed by atoms with van der Waals surface area (Å²) in [6.07, 6.45) is 1.52. The van der Waals surface area contributed by atoms with Crippen LogP contribution in [-0.2, 0) is 9.53 Å². The molecular weight excluding hydrogens is 226 g/mol. The van der Waals surface area contributed by atoms with Crippen LogP contribution in [0.4, 0.5) is 0 Å². The molecule has 0 spiro atoms. The van der Waals surface area contributed by atoms with E-state index in [0.29, 0.717) is 0 Å². The standard InChI is InChI=1S/C15H21NO2/c1-11(2)14(10-15(17)18-4)16-12(3)13-8-6-5-7-9-13/h5-12,16H,1-4H3/b14-10-/t12-/m1/s1. The first-order chi connectivity index (χ1) is 8.54.